The van der Waals surface area contributed by atoms with Crippen molar-refractivity contribution in [3.8, 4) is 0 Å². The van der Waals surface area contributed by atoms with Crippen LogP contribution in [0.5, 0.6) is 0 Å². The number of carbonyl (C=O) groups excluding carboxylic acids is 1. The number of likely N-dealkylation sites (tertiary alicyclic amines) is 1. The predicted octanol–water partition coefficient (Wildman–Crippen LogP) is 3.72. The summed E-state index contributed by atoms with van der Waals surface area (Å²) in [4.78, 5) is 14.2. The Labute approximate surface area is 167 Å². The molecule has 1 amide bonds. The lowest BCUT2D eigenvalue weighted by Gasteiger charge is -2.31. The summed E-state index contributed by atoms with van der Waals surface area (Å²) in [5, 5.41) is 13.3. The number of halogens is 2. The molecule has 1 fully saturated rings. The average molecular weight is 399 g/mol. The number of hydrogen-bond acceptors (Lipinski definition) is 4. The maximum Gasteiger partial charge on any atom is 0.256 e. The van der Waals surface area contributed by atoms with Crippen molar-refractivity contribution >= 4 is 11.6 Å². The number of amides is 1. The Hall–Kier alpha value is -2.90. The molecule has 3 aromatic rings. The number of benzene rings is 1. The standard InChI is InChI=1S/C21H23F2N5O/c1-21(2,3)17-6-7-18-24-25-19(28(18)26-17)13-8-10-27(11-9-13)20(29)15-5-4-14(22)12-16(15)23/h4-7,12-13H,8-11H2,1-3H3. The summed E-state index contributed by atoms with van der Waals surface area (Å²) < 4.78 is 28.8. The molecule has 1 aromatic carbocycles. The van der Waals surface area contributed by atoms with Gasteiger partial charge in [0.15, 0.2) is 11.5 Å². The Morgan fingerprint density at radius 1 is 1.07 bits per heavy atom. The second kappa shape index (κ2) is 7.17. The molecular weight excluding hydrogens is 376 g/mol. The molecule has 1 aliphatic rings. The maximum absolute atomic E-state index is 13.9. The van der Waals surface area contributed by atoms with E-state index < -0.39 is 17.5 Å². The van der Waals surface area contributed by atoms with Crippen molar-refractivity contribution in [3.05, 3.63) is 59.0 Å². The van der Waals surface area contributed by atoms with Crippen molar-refractivity contribution in [2.45, 2.75) is 44.9 Å². The van der Waals surface area contributed by atoms with Gasteiger partial charge < -0.3 is 4.90 Å². The highest BCUT2D eigenvalue weighted by atomic mass is 19.1. The SMILES string of the molecule is CC(C)(C)c1ccc2nnc(C3CCN(C(=O)c4ccc(F)cc4F)CC3)n2n1. The van der Waals surface area contributed by atoms with Gasteiger partial charge in [0.25, 0.3) is 5.91 Å². The molecule has 29 heavy (non-hydrogen) atoms. The third-order valence-electron chi connectivity index (χ3n) is 5.36. The van der Waals surface area contributed by atoms with Crippen LogP contribution in [0.3, 0.4) is 0 Å². The molecule has 1 aliphatic heterocycles. The van der Waals surface area contributed by atoms with Crippen molar-refractivity contribution < 1.29 is 13.6 Å². The van der Waals surface area contributed by atoms with Crippen LogP contribution in [0.15, 0.2) is 30.3 Å². The number of hydrogen-bond donors (Lipinski definition) is 0. The van der Waals surface area contributed by atoms with Crippen LogP contribution in [0.1, 0.15) is 61.4 Å². The summed E-state index contributed by atoms with van der Waals surface area (Å²) in [6.07, 6.45) is 1.35. The smallest absolute Gasteiger partial charge is 0.256 e. The molecular formula is C21H23F2N5O. The van der Waals surface area contributed by atoms with Crippen LogP contribution in [0.2, 0.25) is 0 Å². The Morgan fingerprint density at radius 3 is 2.45 bits per heavy atom. The van der Waals surface area contributed by atoms with Gasteiger partial charge in [0, 0.05) is 30.5 Å². The van der Waals surface area contributed by atoms with Gasteiger partial charge in [-0.2, -0.15) is 9.61 Å². The van der Waals surface area contributed by atoms with E-state index in [4.69, 9.17) is 5.10 Å². The van der Waals surface area contributed by atoms with E-state index in [1.54, 1.807) is 9.42 Å². The first kappa shape index (κ1) is 19.4. The number of carbonyl (C=O) groups is 1. The molecule has 0 saturated carbocycles. The fourth-order valence-electron chi connectivity index (χ4n) is 3.63. The monoisotopic (exact) mass is 399 g/mol. The molecule has 0 bridgehead atoms. The van der Waals surface area contributed by atoms with Gasteiger partial charge in [-0.25, -0.2) is 8.78 Å². The van der Waals surface area contributed by atoms with Crippen molar-refractivity contribution in [1.82, 2.24) is 24.7 Å². The zero-order valence-electron chi connectivity index (χ0n) is 16.7. The van der Waals surface area contributed by atoms with Gasteiger partial charge in [-0.15, -0.1) is 10.2 Å². The molecule has 0 N–H and O–H groups in total. The number of fused-ring (bicyclic) bond motifs is 1. The van der Waals surface area contributed by atoms with E-state index >= 15 is 0 Å². The molecule has 2 aromatic heterocycles. The normalized spacial score (nSPS) is 15.8. The van der Waals surface area contributed by atoms with Gasteiger partial charge in [0.1, 0.15) is 11.6 Å². The quantitative estimate of drug-likeness (QED) is 0.659. The number of nitrogens with zero attached hydrogens (tertiary/aromatic N) is 5. The van der Waals surface area contributed by atoms with Gasteiger partial charge >= 0.3 is 0 Å². The summed E-state index contributed by atoms with van der Waals surface area (Å²) in [7, 11) is 0. The minimum Gasteiger partial charge on any atom is -0.339 e. The van der Waals surface area contributed by atoms with Crippen molar-refractivity contribution in [2.75, 3.05) is 13.1 Å². The van der Waals surface area contributed by atoms with Crippen LogP contribution in [0.4, 0.5) is 8.78 Å². The third-order valence-corrected chi connectivity index (χ3v) is 5.36. The van der Waals surface area contributed by atoms with Crippen molar-refractivity contribution in [1.29, 1.82) is 0 Å². The molecule has 4 rings (SSSR count). The first-order valence-corrected chi connectivity index (χ1v) is 9.71. The summed E-state index contributed by atoms with van der Waals surface area (Å²) in [6.45, 7) is 7.24. The third kappa shape index (κ3) is 3.71. The second-order valence-electron chi connectivity index (χ2n) is 8.49. The first-order chi connectivity index (χ1) is 13.7. The van der Waals surface area contributed by atoms with Gasteiger partial charge in [0.05, 0.1) is 11.3 Å². The summed E-state index contributed by atoms with van der Waals surface area (Å²) in [5.74, 6) is -1.06. The van der Waals surface area contributed by atoms with Crippen LogP contribution in [-0.4, -0.2) is 43.7 Å². The average Bonchev–Trinajstić information content (AvgIpc) is 3.10. The lowest BCUT2D eigenvalue weighted by molar-refractivity contribution is 0.0706. The van der Waals surface area contributed by atoms with Crippen LogP contribution in [0, 0.1) is 11.6 Å². The first-order valence-electron chi connectivity index (χ1n) is 9.71. The zero-order valence-corrected chi connectivity index (χ0v) is 16.7. The van der Waals surface area contributed by atoms with E-state index in [1.807, 2.05) is 12.1 Å². The van der Waals surface area contributed by atoms with Gasteiger partial charge in [-0.1, -0.05) is 20.8 Å². The maximum atomic E-state index is 13.9. The number of aromatic nitrogens is 4. The highest BCUT2D eigenvalue weighted by Gasteiger charge is 2.29. The summed E-state index contributed by atoms with van der Waals surface area (Å²) in [6, 6.07) is 6.92. The molecule has 152 valence electrons. The fraction of sp³-hybridized carbons (Fsp3) is 0.429. The Kier molecular flexibility index (Phi) is 4.80. The molecule has 8 heteroatoms. The Morgan fingerprint density at radius 2 is 1.79 bits per heavy atom. The van der Waals surface area contributed by atoms with Crippen LogP contribution < -0.4 is 0 Å². The van der Waals surface area contributed by atoms with E-state index in [-0.39, 0.29) is 16.9 Å². The molecule has 0 radical (unpaired) electrons. The largest absolute Gasteiger partial charge is 0.339 e. The van der Waals surface area contributed by atoms with Gasteiger partial charge in [-0.05, 0) is 37.1 Å². The Balaban J connectivity index is 1.52. The van der Waals surface area contributed by atoms with Crippen molar-refractivity contribution in [3.63, 3.8) is 0 Å². The minimum absolute atomic E-state index is 0.0925. The second-order valence-corrected chi connectivity index (χ2v) is 8.49. The van der Waals surface area contributed by atoms with E-state index in [2.05, 4.69) is 31.0 Å². The lowest BCUT2D eigenvalue weighted by Crippen LogP contribution is -2.38. The highest BCUT2D eigenvalue weighted by Crippen LogP contribution is 2.29. The van der Waals surface area contributed by atoms with E-state index in [0.717, 1.165) is 23.7 Å². The molecule has 0 spiro atoms. The Bertz CT molecular complexity index is 1060. The lowest BCUT2D eigenvalue weighted by atomic mass is 9.92. The topological polar surface area (TPSA) is 63.4 Å². The summed E-state index contributed by atoms with van der Waals surface area (Å²) in [5.41, 5.74) is 1.45. The number of rotatable bonds is 2. The van der Waals surface area contributed by atoms with Crippen LogP contribution >= 0.6 is 0 Å². The number of piperidine rings is 1. The molecule has 0 aliphatic carbocycles. The molecule has 0 atom stereocenters. The van der Waals surface area contributed by atoms with Crippen LogP contribution in [0.25, 0.3) is 5.65 Å². The molecule has 1 saturated heterocycles. The van der Waals surface area contributed by atoms with E-state index in [9.17, 15) is 13.6 Å². The van der Waals surface area contributed by atoms with Gasteiger partial charge in [0.2, 0.25) is 0 Å². The predicted molar refractivity (Wildman–Crippen MR) is 104 cm³/mol. The fourth-order valence-corrected chi connectivity index (χ4v) is 3.63. The highest BCUT2D eigenvalue weighted by molar-refractivity contribution is 5.94. The van der Waals surface area contributed by atoms with E-state index in [0.29, 0.717) is 31.6 Å². The van der Waals surface area contributed by atoms with Crippen molar-refractivity contribution in [2.24, 2.45) is 0 Å². The molecule has 0 unspecified atom stereocenters. The molecule has 6 nitrogen and oxygen atoms in total. The summed E-state index contributed by atoms with van der Waals surface area (Å²) >= 11 is 0. The zero-order chi connectivity index (χ0) is 20.8. The van der Waals surface area contributed by atoms with Crippen LogP contribution in [-0.2, 0) is 5.41 Å². The molecule has 3 heterocycles. The van der Waals surface area contributed by atoms with Gasteiger partial charge in [-0.3, -0.25) is 4.79 Å². The minimum atomic E-state index is -0.834. The van der Waals surface area contributed by atoms with E-state index in [1.165, 1.54) is 6.07 Å².